The predicted molar refractivity (Wildman–Crippen MR) is 74.8 cm³/mol. The number of amides is 1. The average Bonchev–Trinajstić information content (AvgIpc) is 2.38. The summed E-state index contributed by atoms with van der Waals surface area (Å²) in [7, 11) is -3.84. The molecule has 0 aliphatic rings. The number of benzene rings is 1. The molecule has 0 unspecified atom stereocenters. The van der Waals surface area contributed by atoms with E-state index in [1.807, 2.05) is 4.72 Å². The molecule has 0 radical (unpaired) electrons. The first-order chi connectivity index (χ1) is 9.31. The molecule has 20 heavy (non-hydrogen) atoms. The molecule has 5 nitrogen and oxygen atoms in total. The zero-order valence-electron chi connectivity index (χ0n) is 11.8. The van der Waals surface area contributed by atoms with Gasteiger partial charge in [0, 0.05) is 13.1 Å². The number of hydrogen-bond donors (Lipinski definition) is 1. The smallest absolute Gasteiger partial charge is 0.273 e. The molecule has 1 aromatic rings. The normalized spacial score (nSPS) is 13.2. The minimum atomic E-state index is -3.84. The van der Waals surface area contributed by atoms with Crippen molar-refractivity contribution in [2.45, 2.75) is 26.7 Å². The maximum absolute atomic E-state index is 13.1. The lowest BCUT2D eigenvalue weighted by atomic mass is 10.0. The lowest BCUT2D eigenvalue weighted by Crippen LogP contribution is -2.44. The van der Waals surface area contributed by atoms with Gasteiger partial charge in [0.2, 0.25) is 5.91 Å². The van der Waals surface area contributed by atoms with Crippen LogP contribution in [0.25, 0.3) is 0 Å². The van der Waals surface area contributed by atoms with Gasteiger partial charge in [-0.15, -0.1) is 0 Å². The van der Waals surface area contributed by atoms with Crippen molar-refractivity contribution in [1.82, 2.24) is 9.03 Å². The minimum absolute atomic E-state index is 0.271. The molecule has 1 aromatic carbocycles. The first-order valence-electron chi connectivity index (χ1n) is 6.39. The van der Waals surface area contributed by atoms with E-state index >= 15 is 0 Å². The highest BCUT2D eigenvalue weighted by atomic mass is 32.2. The Hall–Kier alpha value is -1.47. The van der Waals surface area contributed by atoms with Crippen LogP contribution in [0.1, 0.15) is 32.3 Å². The van der Waals surface area contributed by atoms with E-state index < -0.39 is 27.9 Å². The summed E-state index contributed by atoms with van der Waals surface area (Å²) >= 11 is 0. The fourth-order valence-electron chi connectivity index (χ4n) is 1.77. The number of carbonyl (C=O) groups excluding carboxylic acids is 1. The second-order valence-corrected chi connectivity index (χ2v) is 6.00. The maximum Gasteiger partial charge on any atom is 0.303 e. The third kappa shape index (κ3) is 4.01. The van der Waals surface area contributed by atoms with E-state index in [1.54, 1.807) is 19.9 Å². The maximum atomic E-state index is 13.1. The molecule has 112 valence electrons. The Morgan fingerprint density at radius 1 is 1.35 bits per heavy atom. The first-order valence-corrected chi connectivity index (χ1v) is 7.83. The molecule has 0 aromatic heterocycles. The number of carbonyl (C=O) groups is 1. The van der Waals surface area contributed by atoms with Crippen LogP contribution in [0.15, 0.2) is 24.3 Å². The van der Waals surface area contributed by atoms with Gasteiger partial charge in [-0.2, -0.15) is 12.7 Å². The van der Waals surface area contributed by atoms with Crippen molar-refractivity contribution in [2.24, 2.45) is 0 Å². The number of rotatable bonds is 6. The third-order valence-electron chi connectivity index (χ3n) is 3.02. The van der Waals surface area contributed by atoms with E-state index in [-0.39, 0.29) is 13.1 Å². The minimum Gasteiger partial charge on any atom is -0.273 e. The van der Waals surface area contributed by atoms with Gasteiger partial charge in [0.05, 0.1) is 5.92 Å². The lowest BCUT2D eigenvalue weighted by molar-refractivity contribution is -0.120. The number of nitrogens with zero attached hydrogens (tertiary/aromatic N) is 1. The molecule has 0 saturated heterocycles. The van der Waals surface area contributed by atoms with Crippen LogP contribution in [0.4, 0.5) is 4.39 Å². The van der Waals surface area contributed by atoms with E-state index in [0.717, 1.165) is 4.31 Å². The molecule has 0 heterocycles. The Kier molecular flexibility index (Phi) is 5.64. The highest BCUT2D eigenvalue weighted by Crippen LogP contribution is 2.16. The van der Waals surface area contributed by atoms with Crippen LogP contribution in [-0.2, 0) is 15.0 Å². The van der Waals surface area contributed by atoms with E-state index in [1.165, 1.54) is 25.1 Å². The second kappa shape index (κ2) is 6.81. The Bertz CT molecular complexity index is 571. The Labute approximate surface area is 119 Å². The SMILES string of the molecule is CCN(CC)S(=O)(=O)NC(=O)[C@@H](C)c1cccc(F)c1. The van der Waals surface area contributed by atoms with E-state index in [4.69, 9.17) is 0 Å². The summed E-state index contributed by atoms with van der Waals surface area (Å²) in [6.07, 6.45) is 0. The summed E-state index contributed by atoms with van der Waals surface area (Å²) in [5.41, 5.74) is 0.428. The van der Waals surface area contributed by atoms with Gasteiger partial charge in [-0.25, -0.2) is 9.11 Å². The molecular weight excluding hydrogens is 283 g/mol. The van der Waals surface area contributed by atoms with Crippen molar-refractivity contribution in [3.8, 4) is 0 Å². The van der Waals surface area contributed by atoms with Crippen molar-refractivity contribution in [3.63, 3.8) is 0 Å². The number of nitrogens with one attached hydrogen (secondary N) is 1. The molecule has 0 aliphatic carbocycles. The molecule has 1 amide bonds. The van der Waals surface area contributed by atoms with Crippen LogP contribution < -0.4 is 4.72 Å². The van der Waals surface area contributed by atoms with Crippen molar-refractivity contribution < 1.29 is 17.6 Å². The molecule has 0 fully saturated rings. The summed E-state index contributed by atoms with van der Waals surface area (Å²) < 4.78 is 40.1. The molecule has 0 aliphatic heterocycles. The lowest BCUT2D eigenvalue weighted by Gasteiger charge is -2.20. The van der Waals surface area contributed by atoms with Crippen LogP contribution in [-0.4, -0.2) is 31.7 Å². The quantitative estimate of drug-likeness (QED) is 0.868. The summed E-state index contributed by atoms with van der Waals surface area (Å²) in [6.45, 7) is 5.44. The van der Waals surface area contributed by atoms with Crippen molar-refractivity contribution in [2.75, 3.05) is 13.1 Å². The molecule has 7 heteroatoms. The second-order valence-electron chi connectivity index (χ2n) is 4.33. The van der Waals surface area contributed by atoms with Gasteiger partial charge in [0.25, 0.3) is 0 Å². The Morgan fingerprint density at radius 2 is 1.95 bits per heavy atom. The van der Waals surface area contributed by atoms with Crippen LogP contribution in [0.2, 0.25) is 0 Å². The molecule has 0 spiro atoms. The van der Waals surface area contributed by atoms with Crippen molar-refractivity contribution >= 4 is 16.1 Å². The van der Waals surface area contributed by atoms with Crippen molar-refractivity contribution in [3.05, 3.63) is 35.6 Å². The number of hydrogen-bond acceptors (Lipinski definition) is 3. The van der Waals surface area contributed by atoms with Gasteiger partial charge in [0.1, 0.15) is 5.82 Å². The van der Waals surface area contributed by atoms with E-state index in [9.17, 15) is 17.6 Å². The fourth-order valence-corrected chi connectivity index (χ4v) is 3.01. The van der Waals surface area contributed by atoms with E-state index in [2.05, 4.69) is 0 Å². The molecule has 1 atom stereocenters. The summed E-state index contributed by atoms with van der Waals surface area (Å²) in [5.74, 6) is -1.90. The zero-order valence-corrected chi connectivity index (χ0v) is 12.6. The summed E-state index contributed by atoms with van der Waals surface area (Å²) in [4.78, 5) is 12.0. The van der Waals surface area contributed by atoms with Crippen LogP contribution in [0, 0.1) is 5.82 Å². The van der Waals surface area contributed by atoms with Gasteiger partial charge in [-0.1, -0.05) is 26.0 Å². The Balaban J connectivity index is 2.86. The number of halogens is 1. The molecular formula is C13H19FN2O3S. The zero-order chi connectivity index (χ0) is 15.3. The summed E-state index contributed by atoms with van der Waals surface area (Å²) in [5, 5.41) is 0. The van der Waals surface area contributed by atoms with E-state index in [0.29, 0.717) is 5.56 Å². The molecule has 1 rings (SSSR count). The monoisotopic (exact) mass is 302 g/mol. The highest BCUT2D eigenvalue weighted by Gasteiger charge is 2.25. The largest absolute Gasteiger partial charge is 0.303 e. The molecule has 0 saturated carbocycles. The standard InChI is InChI=1S/C13H19FN2O3S/c1-4-16(5-2)20(18,19)15-13(17)10(3)11-7-6-8-12(14)9-11/h6-10H,4-5H2,1-3H3,(H,15,17)/t10-/m0/s1. The Morgan fingerprint density at radius 3 is 2.45 bits per heavy atom. The topological polar surface area (TPSA) is 66.5 Å². The van der Waals surface area contributed by atoms with Gasteiger partial charge < -0.3 is 0 Å². The third-order valence-corrected chi connectivity index (χ3v) is 4.67. The highest BCUT2D eigenvalue weighted by molar-refractivity contribution is 7.87. The fraction of sp³-hybridized carbons (Fsp3) is 0.462. The average molecular weight is 302 g/mol. The van der Waals surface area contributed by atoms with Crippen molar-refractivity contribution in [1.29, 1.82) is 0 Å². The van der Waals surface area contributed by atoms with Crippen LogP contribution in [0.5, 0.6) is 0 Å². The molecule has 0 bridgehead atoms. The van der Waals surface area contributed by atoms with Gasteiger partial charge in [-0.3, -0.25) is 4.79 Å². The van der Waals surface area contributed by atoms with Crippen LogP contribution in [0.3, 0.4) is 0 Å². The van der Waals surface area contributed by atoms with Gasteiger partial charge in [-0.05, 0) is 24.6 Å². The molecule has 1 N–H and O–H groups in total. The predicted octanol–water partition coefficient (Wildman–Crippen LogP) is 1.63. The van der Waals surface area contributed by atoms with Gasteiger partial charge >= 0.3 is 10.2 Å². The van der Waals surface area contributed by atoms with Gasteiger partial charge in [0.15, 0.2) is 0 Å². The first kappa shape index (κ1) is 16.6. The van der Waals surface area contributed by atoms with Crippen LogP contribution >= 0.6 is 0 Å². The summed E-state index contributed by atoms with van der Waals surface area (Å²) in [6, 6.07) is 5.54.